The second kappa shape index (κ2) is 11.9. The largest absolute Gasteiger partial charge is 0.494 e. The van der Waals surface area contributed by atoms with Crippen molar-refractivity contribution in [1.29, 1.82) is 0 Å². The number of nitrogens with one attached hydrogen (secondary N) is 2. The highest BCUT2D eigenvalue weighted by Gasteiger charge is 2.09. The number of benzene rings is 3. The zero-order valence-electron chi connectivity index (χ0n) is 18.3. The van der Waals surface area contributed by atoms with Gasteiger partial charge >= 0.3 is 0 Å². The normalized spacial score (nSPS) is 10.5. The molecule has 6 heteroatoms. The summed E-state index contributed by atoms with van der Waals surface area (Å²) in [6.07, 6.45) is 1.98. The average molecular weight is 449 g/mol. The van der Waals surface area contributed by atoms with Crippen molar-refractivity contribution in [2.45, 2.75) is 32.8 Å². The second-order valence-corrected chi connectivity index (χ2v) is 7.97. The van der Waals surface area contributed by atoms with Gasteiger partial charge in [-0.25, -0.2) is 0 Å². The van der Waals surface area contributed by atoms with E-state index in [4.69, 9.17) is 21.7 Å². The minimum absolute atomic E-state index is 0.0788. The van der Waals surface area contributed by atoms with Gasteiger partial charge in [0.05, 0.1) is 12.7 Å². The Hall–Kier alpha value is -3.38. The van der Waals surface area contributed by atoms with Gasteiger partial charge in [-0.1, -0.05) is 36.4 Å². The molecule has 0 radical (unpaired) electrons. The molecule has 0 aliphatic carbocycles. The van der Waals surface area contributed by atoms with Crippen molar-refractivity contribution < 1.29 is 14.3 Å². The van der Waals surface area contributed by atoms with Crippen LogP contribution in [-0.2, 0) is 6.42 Å². The van der Waals surface area contributed by atoms with Crippen LogP contribution in [0.5, 0.6) is 11.5 Å². The lowest BCUT2D eigenvalue weighted by Gasteiger charge is -2.12. The van der Waals surface area contributed by atoms with Crippen molar-refractivity contribution in [3.8, 4) is 11.5 Å². The summed E-state index contributed by atoms with van der Waals surface area (Å²) >= 11 is 5.29. The molecule has 0 bridgehead atoms. The summed E-state index contributed by atoms with van der Waals surface area (Å²) in [6, 6.07) is 24.8. The molecule has 0 saturated heterocycles. The van der Waals surface area contributed by atoms with Crippen molar-refractivity contribution in [3.05, 3.63) is 90.0 Å². The van der Waals surface area contributed by atoms with Crippen molar-refractivity contribution in [1.82, 2.24) is 5.32 Å². The molecule has 0 atom stereocenters. The van der Waals surface area contributed by atoms with Gasteiger partial charge in [0.15, 0.2) is 5.11 Å². The lowest BCUT2D eigenvalue weighted by atomic mass is 10.1. The summed E-state index contributed by atoms with van der Waals surface area (Å²) in [5.41, 5.74) is 2.55. The first-order valence-corrected chi connectivity index (χ1v) is 11.1. The highest BCUT2D eigenvalue weighted by atomic mass is 32.1. The number of aryl methyl sites for hydroxylation is 1. The third-order valence-electron chi connectivity index (χ3n) is 4.53. The number of rotatable bonds is 9. The molecular formula is C26H28N2O3S. The van der Waals surface area contributed by atoms with E-state index in [2.05, 4.69) is 22.8 Å². The number of amides is 1. The molecule has 3 aromatic carbocycles. The van der Waals surface area contributed by atoms with E-state index in [1.165, 1.54) is 5.56 Å². The van der Waals surface area contributed by atoms with Gasteiger partial charge in [-0.15, -0.1) is 0 Å². The zero-order valence-corrected chi connectivity index (χ0v) is 19.2. The third-order valence-corrected chi connectivity index (χ3v) is 4.73. The van der Waals surface area contributed by atoms with Crippen LogP contribution in [-0.4, -0.2) is 23.7 Å². The maximum Gasteiger partial charge on any atom is 0.257 e. The number of anilines is 1. The predicted molar refractivity (Wildman–Crippen MR) is 133 cm³/mol. The molecule has 0 unspecified atom stereocenters. The molecule has 5 nitrogen and oxygen atoms in total. The first-order chi connectivity index (χ1) is 15.5. The van der Waals surface area contributed by atoms with E-state index >= 15 is 0 Å². The molecule has 0 fully saturated rings. The number of thiocarbonyl (C=S) groups is 1. The molecule has 0 saturated carbocycles. The van der Waals surface area contributed by atoms with E-state index in [0.717, 1.165) is 30.0 Å². The fraction of sp³-hybridized carbons (Fsp3) is 0.231. The Morgan fingerprint density at radius 1 is 0.938 bits per heavy atom. The summed E-state index contributed by atoms with van der Waals surface area (Å²) in [6.45, 7) is 4.53. The molecule has 0 aliphatic rings. The molecule has 0 spiro atoms. The van der Waals surface area contributed by atoms with Crippen molar-refractivity contribution in [3.63, 3.8) is 0 Å². The molecule has 3 rings (SSSR count). The highest BCUT2D eigenvalue weighted by molar-refractivity contribution is 7.80. The maximum atomic E-state index is 12.4. The lowest BCUT2D eigenvalue weighted by Crippen LogP contribution is -2.34. The van der Waals surface area contributed by atoms with Gasteiger partial charge in [0.25, 0.3) is 5.91 Å². The van der Waals surface area contributed by atoms with Gasteiger partial charge in [0, 0.05) is 17.3 Å². The minimum Gasteiger partial charge on any atom is -0.494 e. The van der Waals surface area contributed by atoms with Crippen LogP contribution in [0.4, 0.5) is 5.69 Å². The fourth-order valence-corrected chi connectivity index (χ4v) is 3.28. The van der Waals surface area contributed by atoms with Crippen LogP contribution in [0.2, 0.25) is 0 Å². The van der Waals surface area contributed by atoms with Gasteiger partial charge < -0.3 is 14.8 Å². The van der Waals surface area contributed by atoms with Crippen LogP contribution in [0.1, 0.15) is 36.2 Å². The van der Waals surface area contributed by atoms with Crippen molar-refractivity contribution >= 4 is 28.9 Å². The summed E-state index contributed by atoms with van der Waals surface area (Å²) in [5.74, 6) is 1.18. The molecular weight excluding hydrogens is 420 g/mol. The van der Waals surface area contributed by atoms with Crippen LogP contribution in [0.15, 0.2) is 78.9 Å². The van der Waals surface area contributed by atoms with E-state index in [-0.39, 0.29) is 17.1 Å². The topological polar surface area (TPSA) is 59.6 Å². The summed E-state index contributed by atoms with van der Waals surface area (Å²) < 4.78 is 11.5. The zero-order chi connectivity index (χ0) is 22.8. The first-order valence-electron chi connectivity index (χ1n) is 10.7. The lowest BCUT2D eigenvalue weighted by molar-refractivity contribution is 0.0977. The molecule has 0 heterocycles. The van der Waals surface area contributed by atoms with Crippen molar-refractivity contribution in [2.24, 2.45) is 0 Å². The smallest absolute Gasteiger partial charge is 0.257 e. The number of hydrogen-bond acceptors (Lipinski definition) is 4. The number of carbonyl (C=O) groups excluding carboxylic acids is 1. The number of ether oxygens (including phenoxy) is 2. The van der Waals surface area contributed by atoms with Gasteiger partial charge in [0.2, 0.25) is 0 Å². The molecule has 3 aromatic rings. The monoisotopic (exact) mass is 448 g/mol. The van der Waals surface area contributed by atoms with E-state index in [1.807, 2.05) is 56.3 Å². The Balaban J connectivity index is 1.45. The minimum atomic E-state index is -0.285. The Morgan fingerprint density at radius 3 is 2.41 bits per heavy atom. The van der Waals surface area contributed by atoms with E-state index in [1.54, 1.807) is 24.3 Å². The molecule has 0 aliphatic heterocycles. The standard InChI is InChI=1S/C26H28N2O3S/c1-19(2)31-23-15-13-21(14-16-23)25(29)28-26(32)27-22-11-6-12-24(18-22)30-17-7-10-20-8-4-3-5-9-20/h3-6,8-9,11-16,18-19H,7,10,17H2,1-2H3,(H2,27,28,29,32). The van der Waals surface area contributed by atoms with Gasteiger partial charge in [0.1, 0.15) is 11.5 Å². The fourth-order valence-electron chi connectivity index (χ4n) is 3.07. The molecule has 0 aromatic heterocycles. The third kappa shape index (κ3) is 7.71. The Labute approximate surface area is 194 Å². The molecule has 1 amide bonds. The maximum absolute atomic E-state index is 12.4. The van der Waals surface area contributed by atoms with Gasteiger partial charge in [-0.2, -0.15) is 0 Å². The van der Waals surface area contributed by atoms with Crippen molar-refractivity contribution in [2.75, 3.05) is 11.9 Å². The molecule has 32 heavy (non-hydrogen) atoms. The molecule has 166 valence electrons. The number of hydrogen-bond donors (Lipinski definition) is 2. The Kier molecular flexibility index (Phi) is 8.63. The molecule has 2 N–H and O–H groups in total. The number of carbonyl (C=O) groups is 1. The average Bonchev–Trinajstić information content (AvgIpc) is 2.78. The second-order valence-electron chi connectivity index (χ2n) is 7.56. The van der Waals surface area contributed by atoms with Crippen LogP contribution in [0.3, 0.4) is 0 Å². The van der Waals surface area contributed by atoms with Crippen LogP contribution >= 0.6 is 12.2 Å². The summed E-state index contributed by atoms with van der Waals surface area (Å²) in [4.78, 5) is 12.4. The van der Waals surface area contributed by atoms with E-state index in [9.17, 15) is 4.79 Å². The van der Waals surface area contributed by atoms with Crippen LogP contribution in [0, 0.1) is 0 Å². The SMILES string of the molecule is CC(C)Oc1ccc(C(=O)NC(=S)Nc2cccc(OCCCc3ccccc3)c2)cc1. The summed E-state index contributed by atoms with van der Waals surface area (Å²) in [7, 11) is 0. The quantitative estimate of drug-likeness (QED) is 0.329. The predicted octanol–water partition coefficient (Wildman–Crippen LogP) is 5.61. The van der Waals surface area contributed by atoms with Crippen LogP contribution in [0.25, 0.3) is 0 Å². The van der Waals surface area contributed by atoms with E-state index in [0.29, 0.717) is 12.2 Å². The van der Waals surface area contributed by atoms with Gasteiger partial charge in [-0.05, 0) is 80.9 Å². The van der Waals surface area contributed by atoms with E-state index < -0.39 is 0 Å². The highest BCUT2D eigenvalue weighted by Crippen LogP contribution is 2.18. The first kappa shape index (κ1) is 23.3. The Morgan fingerprint density at radius 2 is 1.69 bits per heavy atom. The summed E-state index contributed by atoms with van der Waals surface area (Å²) in [5, 5.41) is 5.95. The van der Waals surface area contributed by atoms with Crippen LogP contribution < -0.4 is 20.1 Å². The van der Waals surface area contributed by atoms with Gasteiger partial charge in [-0.3, -0.25) is 10.1 Å². The Bertz CT molecular complexity index is 1020.